The fourth-order valence-electron chi connectivity index (χ4n) is 2.09. The number of hydrogen-bond donors (Lipinski definition) is 7. The van der Waals surface area contributed by atoms with Crippen LogP contribution in [-0.4, -0.2) is 64.6 Å². The van der Waals surface area contributed by atoms with Gasteiger partial charge in [-0.1, -0.05) is 13.8 Å². The Labute approximate surface area is 168 Å². The van der Waals surface area contributed by atoms with Gasteiger partial charge in [-0.25, -0.2) is 4.79 Å². The monoisotopic (exact) mass is 419 g/mol. The molecule has 0 radical (unpaired) electrons. The number of primary amides is 1. The van der Waals surface area contributed by atoms with Crippen LogP contribution in [0.1, 0.15) is 33.6 Å². The summed E-state index contributed by atoms with van der Waals surface area (Å²) in [7, 11) is 0. The van der Waals surface area contributed by atoms with Crippen molar-refractivity contribution >= 4 is 42.2 Å². The first-order valence-corrected chi connectivity index (χ1v) is 9.32. The molecule has 0 bridgehead atoms. The molecular formula is C16H29N5O6S. The first-order chi connectivity index (χ1) is 12.9. The van der Waals surface area contributed by atoms with Crippen molar-refractivity contribution in [1.29, 1.82) is 0 Å². The van der Waals surface area contributed by atoms with E-state index in [1.54, 1.807) is 13.8 Å². The van der Waals surface area contributed by atoms with E-state index in [1.807, 2.05) is 0 Å². The largest absolute Gasteiger partial charge is 0.480 e. The van der Waals surface area contributed by atoms with Gasteiger partial charge < -0.3 is 32.5 Å². The van der Waals surface area contributed by atoms with Gasteiger partial charge in [0.05, 0.1) is 6.04 Å². The quantitative estimate of drug-likeness (QED) is 0.173. The van der Waals surface area contributed by atoms with E-state index in [4.69, 9.17) is 11.5 Å². The Balaban J connectivity index is 5.29. The lowest BCUT2D eigenvalue weighted by atomic mass is 10.0. The fourth-order valence-corrected chi connectivity index (χ4v) is 2.35. The molecule has 0 aliphatic carbocycles. The number of aliphatic carboxylic acids is 1. The summed E-state index contributed by atoms with van der Waals surface area (Å²) in [6, 6.07) is -4.34. The van der Waals surface area contributed by atoms with Crippen LogP contribution in [0, 0.1) is 5.92 Å². The van der Waals surface area contributed by atoms with Gasteiger partial charge in [-0.3, -0.25) is 19.2 Å². The van der Waals surface area contributed by atoms with Crippen LogP contribution in [0.15, 0.2) is 0 Å². The van der Waals surface area contributed by atoms with Gasteiger partial charge in [0.15, 0.2) is 0 Å². The highest BCUT2D eigenvalue weighted by Crippen LogP contribution is 2.05. The van der Waals surface area contributed by atoms with E-state index in [1.165, 1.54) is 6.92 Å². The highest BCUT2D eigenvalue weighted by molar-refractivity contribution is 7.80. The van der Waals surface area contributed by atoms with Gasteiger partial charge in [0.2, 0.25) is 23.6 Å². The predicted molar refractivity (Wildman–Crippen MR) is 104 cm³/mol. The molecule has 0 fully saturated rings. The Morgan fingerprint density at radius 1 is 0.929 bits per heavy atom. The van der Waals surface area contributed by atoms with E-state index in [9.17, 15) is 29.1 Å². The van der Waals surface area contributed by atoms with Gasteiger partial charge in [0.25, 0.3) is 0 Å². The van der Waals surface area contributed by atoms with Gasteiger partial charge in [0.1, 0.15) is 18.1 Å². The van der Waals surface area contributed by atoms with Crippen LogP contribution in [0.25, 0.3) is 0 Å². The highest BCUT2D eigenvalue weighted by atomic mass is 32.1. The summed E-state index contributed by atoms with van der Waals surface area (Å²) < 4.78 is 0. The molecule has 0 saturated carbocycles. The Bertz CT molecular complexity index is 598. The molecule has 4 atom stereocenters. The smallest absolute Gasteiger partial charge is 0.326 e. The summed E-state index contributed by atoms with van der Waals surface area (Å²) in [4.78, 5) is 58.9. The van der Waals surface area contributed by atoms with Crippen molar-refractivity contribution in [2.24, 2.45) is 17.4 Å². The maximum absolute atomic E-state index is 12.5. The molecular weight excluding hydrogens is 390 g/mol. The Morgan fingerprint density at radius 3 is 1.82 bits per heavy atom. The van der Waals surface area contributed by atoms with Crippen LogP contribution in [0.2, 0.25) is 0 Å². The van der Waals surface area contributed by atoms with Gasteiger partial charge >= 0.3 is 5.97 Å². The third-order valence-corrected chi connectivity index (χ3v) is 4.14. The number of nitrogens with two attached hydrogens (primary N) is 2. The summed E-state index contributed by atoms with van der Waals surface area (Å²) >= 11 is 4.00. The second-order valence-electron chi connectivity index (χ2n) is 6.67. The van der Waals surface area contributed by atoms with Crippen molar-refractivity contribution in [2.75, 3.05) is 5.75 Å². The molecule has 0 aromatic heterocycles. The highest BCUT2D eigenvalue weighted by Gasteiger charge is 2.30. The number of rotatable bonds is 12. The van der Waals surface area contributed by atoms with Gasteiger partial charge in [-0.15, -0.1) is 0 Å². The number of carboxylic acids is 1. The SMILES string of the molecule is CC(N)C(=O)NC(CS)C(=O)NC(CCC(N)=O)C(=O)NC(C(=O)O)C(C)C. The van der Waals surface area contributed by atoms with Crippen molar-refractivity contribution in [3.8, 4) is 0 Å². The van der Waals surface area contributed by atoms with Crippen molar-refractivity contribution in [3.63, 3.8) is 0 Å². The third-order valence-electron chi connectivity index (χ3n) is 3.77. The minimum Gasteiger partial charge on any atom is -0.480 e. The van der Waals surface area contributed by atoms with Crippen LogP contribution >= 0.6 is 12.6 Å². The minimum absolute atomic E-state index is 0.0712. The van der Waals surface area contributed by atoms with E-state index < -0.39 is 59.7 Å². The number of carbonyl (C=O) groups excluding carboxylic acids is 4. The Morgan fingerprint density at radius 2 is 1.43 bits per heavy atom. The molecule has 0 aliphatic rings. The molecule has 4 amide bonds. The van der Waals surface area contributed by atoms with Crippen molar-refractivity contribution in [2.45, 2.75) is 57.8 Å². The van der Waals surface area contributed by atoms with Crippen molar-refractivity contribution < 1.29 is 29.1 Å². The third kappa shape index (κ3) is 9.04. The molecule has 0 rings (SSSR count). The summed E-state index contributed by atoms with van der Waals surface area (Å²) in [5.41, 5.74) is 10.5. The van der Waals surface area contributed by atoms with E-state index in [0.29, 0.717) is 0 Å². The van der Waals surface area contributed by atoms with E-state index in [2.05, 4.69) is 28.6 Å². The van der Waals surface area contributed by atoms with Gasteiger partial charge in [-0.2, -0.15) is 12.6 Å². The Kier molecular flexibility index (Phi) is 11.2. The number of thiol groups is 1. The fraction of sp³-hybridized carbons (Fsp3) is 0.688. The van der Waals surface area contributed by atoms with Gasteiger partial charge in [0, 0.05) is 12.2 Å². The second kappa shape index (κ2) is 12.2. The zero-order chi connectivity index (χ0) is 22.0. The Hall–Kier alpha value is -2.34. The lowest BCUT2D eigenvalue weighted by Gasteiger charge is -2.25. The topological polar surface area (TPSA) is 194 Å². The van der Waals surface area contributed by atoms with Crippen LogP contribution in [0.3, 0.4) is 0 Å². The van der Waals surface area contributed by atoms with E-state index in [0.717, 1.165) is 0 Å². The molecule has 0 aromatic carbocycles. The maximum Gasteiger partial charge on any atom is 0.326 e. The molecule has 0 aliphatic heterocycles. The predicted octanol–water partition coefficient (Wildman–Crippen LogP) is -2.28. The van der Waals surface area contributed by atoms with Crippen LogP contribution in [0.4, 0.5) is 0 Å². The number of hydrogen-bond acceptors (Lipinski definition) is 7. The molecule has 0 heterocycles. The van der Waals surface area contributed by atoms with Gasteiger partial charge in [-0.05, 0) is 19.3 Å². The molecule has 0 spiro atoms. The lowest BCUT2D eigenvalue weighted by Crippen LogP contribution is -2.58. The second-order valence-corrected chi connectivity index (χ2v) is 7.03. The minimum atomic E-state index is -1.24. The van der Waals surface area contributed by atoms with Crippen LogP contribution in [-0.2, 0) is 24.0 Å². The first kappa shape index (κ1) is 25.7. The van der Waals surface area contributed by atoms with E-state index in [-0.39, 0.29) is 18.6 Å². The number of nitrogens with one attached hydrogen (secondary N) is 3. The molecule has 160 valence electrons. The molecule has 11 nitrogen and oxygen atoms in total. The number of amides is 4. The maximum atomic E-state index is 12.5. The zero-order valence-corrected chi connectivity index (χ0v) is 17.0. The summed E-state index contributed by atoms with van der Waals surface area (Å²) in [5.74, 6) is -4.51. The summed E-state index contributed by atoms with van der Waals surface area (Å²) in [6.07, 6.45) is -0.354. The van der Waals surface area contributed by atoms with Crippen LogP contribution in [0.5, 0.6) is 0 Å². The standard InChI is InChI=1S/C16H29N5O6S/c1-7(2)12(16(26)27)21-14(24)9(4-5-11(18)22)19-15(25)10(6-28)20-13(23)8(3)17/h7-10,12,28H,4-6,17H2,1-3H3,(H2,18,22)(H,19,25)(H,20,23)(H,21,24)(H,26,27). The molecule has 12 heteroatoms. The summed E-state index contributed by atoms with van der Waals surface area (Å²) in [5, 5.41) is 16.3. The zero-order valence-electron chi connectivity index (χ0n) is 16.1. The molecule has 0 saturated heterocycles. The van der Waals surface area contributed by atoms with Crippen LogP contribution < -0.4 is 27.4 Å². The number of carboxylic acid groups (broad SMARTS) is 1. The van der Waals surface area contributed by atoms with E-state index >= 15 is 0 Å². The van der Waals surface area contributed by atoms with Crippen molar-refractivity contribution in [1.82, 2.24) is 16.0 Å². The average Bonchev–Trinajstić information content (AvgIpc) is 2.59. The normalized spacial score (nSPS) is 15.1. The number of carbonyl (C=O) groups is 5. The molecule has 4 unspecified atom stereocenters. The lowest BCUT2D eigenvalue weighted by molar-refractivity contribution is -0.143. The summed E-state index contributed by atoms with van der Waals surface area (Å²) in [6.45, 7) is 4.65. The average molecular weight is 420 g/mol. The van der Waals surface area contributed by atoms with Crippen molar-refractivity contribution in [3.05, 3.63) is 0 Å². The molecule has 8 N–H and O–H groups in total. The first-order valence-electron chi connectivity index (χ1n) is 8.69. The molecule has 28 heavy (non-hydrogen) atoms. The molecule has 0 aromatic rings.